The van der Waals surface area contributed by atoms with Crippen molar-refractivity contribution in [3.8, 4) is 0 Å². The molecular formula is C16H16ClF2N3O3. The van der Waals surface area contributed by atoms with Gasteiger partial charge in [0.1, 0.15) is 0 Å². The van der Waals surface area contributed by atoms with Crippen LogP contribution in [0, 0.1) is 0 Å². The van der Waals surface area contributed by atoms with Crippen LogP contribution >= 0.6 is 11.6 Å². The van der Waals surface area contributed by atoms with Gasteiger partial charge in [0.05, 0.1) is 17.3 Å². The summed E-state index contributed by atoms with van der Waals surface area (Å²) < 4.78 is 27.1. The van der Waals surface area contributed by atoms with Crippen LogP contribution in [0.1, 0.15) is 29.6 Å². The van der Waals surface area contributed by atoms with E-state index in [2.05, 4.69) is 5.32 Å². The number of rotatable bonds is 2. The quantitative estimate of drug-likeness (QED) is 0.869. The first-order valence-corrected chi connectivity index (χ1v) is 8.23. The molecule has 0 spiro atoms. The average molecular weight is 372 g/mol. The molecule has 0 aromatic heterocycles. The molecule has 0 bridgehead atoms. The van der Waals surface area contributed by atoms with Crippen LogP contribution in [0.25, 0.3) is 0 Å². The molecule has 9 heteroatoms. The van der Waals surface area contributed by atoms with Crippen molar-refractivity contribution in [1.29, 1.82) is 0 Å². The topological polar surface area (TPSA) is 69.7 Å². The highest BCUT2D eigenvalue weighted by Gasteiger charge is 2.37. The standard InChI is InChI=1S/C16H16ClF2N3O3/c17-11-3-2-10(14(24)21-6-1-5-16(18,19)9-21)8-12(11)22-7-4-13(23)20-15(22)25/h2-3,8H,1,4-7,9H2,(H,20,23,25). The molecule has 2 fully saturated rings. The van der Waals surface area contributed by atoms with Gasteiger partial charge in [-0.15, -0.1) is 0 Å². The molecular weight excluding hydrogens is 356 g/mol. The van der Waals surface area contributed by atoms with Gasteiger partial charge in [0.25, 0.3) is 11.8 Å². The van der Waals surface area contributed by atoms with Gasteiger partial charge in [-0.25, -0.2) is 13.6 Å². The summed E-state index contributed by atoms with van der Waals surface area (Å²) in [5.41, 5.74) is 0.433. The Morgan fingerprint density at radius 1 is 1.24 bits per heavy atom. The number of likely N-dealkylation sites (tertiary alicyclic amines) is 1. The number of piperidine rings is 1. The number of nitrogens with one attached hydrogen (secondary N) is 1. The van der Waals surface area contributed by atoms with Crippen LogP contribution in [0.5, 0.6) is 0 Å². The molecule has 0 unspecified atom stereocenters. The van der Waals surface area contributed by atoms with Gasteiger partial charge in [0.15, 0.2) is 0 Å². The Labute approximate surface area is 147 Å². The molecule has 2 aliphatic rings. The largest absolute Gasteiger partial charge is 0.333 e. The SMILES string of the molecule is O=C1CCN(c2cc(C(=O)N3CCCC(F)(F)C3)ccc2Cl)C(=O)N1. The summed E-state index contributed by atoms with van der Waals surface area (Å²) in [5, 5.41) is 2.40. The molecule has 3 rings (SSSR count). The van der Waals surface area contributed by atoms with E-state index in [0.29, 0.717) is 0 Å². The maximum Gasteiger partial charge on any atom is 0.328 e. The second-order valence-corrected chi connectivity index (χ2v) is 6.51. The van der Waals surface area contributed by atoms with Gasteiger partial charge in [0.2, 0.25) is 5.91 Å². The normalized spacial score (nSPS) is 20.4. The Bertz CT molecular complexity index is 741. The van der Waals surface area contributed by atoms with Crippen molar-refractivity contribution in [3.63, 3.8) is 0 Å². The molecule has 1 aromatic rings. The summed E-state index contributed by atoms with van der Waals surface area (Å²) in [5.74, 6) is -3.82. The van der Waals surface area contributed by atoms with Crippen molar-refractivity contribution >= 4 is 35.1 Å². The first kappa shape index (κ1) is 17.6. The summed E-state index contributed by atoms with van der Waals surface area (Å²) >= 11 is 6.12. The Hall–Kier alpha value is -2.22. The minimum Gasteiger partial charge on any atom is -0.333 e. The van der Waals surface area contributed by atoms with Crippen LogP contribution in [0.3, 0.4) is 0 Å². The summed E-state index contributed by atoms with van der Waals surface area (Å²) in [7, 11) is 0. The predicted octanol–water partition coefficient (Wildman–Crippen LogP) is 2.66. The van der Waals surface area contributed by atoms with E-state index in [4.69, 9.17) is 11.6 Å². The fourth-order valence-corrected chi connectivity index (χ4v) is 3.19. The Morgan fingerprint density at radius 2 is 2.00 bits per heavy atom. The highest BCUT2D eigenvalue weighted by molar-refractivity contribution is 6.34. The third kappa shape index (κ3) is 3.73. The van der Waals surface area contributed by atoms with Gasteiger partial charge in [-0.2, -0.15) is 0 Å². The average Bonchev–Trinajstić information content (AvgIpc) is 2.54. The maximum atomic E-state index is 13.5. The van der Waals surface area contributed by atoms with E-state index in [9.17, 15) is 23.2 Å². The third-order valence-electron chi connectivity index (χ3n) is 4.22. The van der Waals surface area contributed by atoms with Gasteiger partial charge in [-0.05, 0) is 24.6 Å². The van der Waals surface area contributed by atoms with E-state index < -0.39 is 24.4 Å². The minimum absolute atomic E-state index is 0.110. The predicted molar refractivity (Wildman–Crippen MR) is 87.0 cm³/mol. The Morgan fingerprint density at radius 3 is 2.68 bits per heavy atom. The van der Waals surface area contributed by atoms with Crippen molar-refractivity contribution in [2.45, 2.75) is 25.2 Å². The van der Waals surface area contributed by atoms with Gasteiger partial charge in [0, 0.05) is 31.5 Å². The lowest BCUT2D eigenvalue weighted by atomic mass is 10.1. The highest BCUT2D eigenvalue weighted by Crippen LogP contribution is 2.31. The van der Waals surface area contributed by atoms with Crippen LogP contribution in [0.4, 0.5) is 19.3 Å². The summed E-state index contributed by atoms with van der Waals surface area (Å²) in [4.78, 5) is 38.1. The number of alkyl halides is 2. The van der Waals surface area contributed by atoms with Crippen molar-refractivity contribution in [2.75, 3.05) is 24.5 Å². The van der Waals surface area contributed by atoms with Crippen LogP contribution in [0.15, 0.2) is 18.2 Å². The van der Waals surface area contributed by atoms with E-state index in [1.807, 2.05) is 0 Å². The lowest BCUT2D eigenvalue weighted by molar-refractivity contribution is -0.120. The van der Waals surface area contributed by atoms with Gasteiger partial charge < -0.3 is 4.90 Å². The molecule has 0 radical (unpaired) electrons. The van der Waals surface area contributed by atoms with Gasteiger partial charge >= 0.3 is 6.03 Å². The Balaban J connectivity index is 1.85. The number of anilines is 1. The van der Waals surface area contributed by atoms with Crippen molar-refractivity contribution < 1.29 is 23.2 Å². The first-order valence-electron chi connectivity index (χ1n) is 7.85. The molecule has 6 nitrogen and oxygen atoms in total. The number of nitrogens with zero attached hydrogens (tertiary/aromatic N) is 2. The third-order valence-corrected chi connectivity index (χ3v) is 4.54. The van der Waals surface area contributed by atoms with E-state index >= 15 is 0 Å². The zero-order valence-corrected chi connectivity index (χ0v) is 14.0. The fourth-order valence-electron chi connectivity index (χ4n) is 2.97. The maximum absolute atomic E-state index is 13.5. The summed E-state index contributed by atoms with van der Waals surface area (Å²) in [6.07, 6.45) is 0.110. The van der Waals surface area contributed by atoms with Crippen LogP contribution in [0.2, 0.25) is 5.02 Å². The van der Waals surface area contributed by atoms with Crippen LogP contribution < -0.4 is 10.2 Å². The Kier molecular flexibility index (Phi) is 4.64. The fraction of sp³-hybridized carbons (Fsp3) is 0.438. The number of urea groups is 1. The number of imide groups is 1. The number of amides is 4. The van der Waals surface area contributed by atoms with E-state index in [0.717, 1.165) is 4.90 Å². The molecule has 134 valence electrons. The zero-order chi connectivity index (χ0) is 18.2. The molecule has 2 heterocycles. The molecule has 25 heavy (non-hydrogen) atoms. The van der Waals surface area contributed by atoms with Crippen LogP contribution in [-0.4, -0.2) is 48.3 Å². The monoisotopic (exact) mass is 371 g/mol. The smallest absolute Gasteiger partial charge is 0.328 e. The number of carbonyl (C=O) groups is 3. The molecule has 2 saturated heterocycles. The van der Waals surface area contributed by atoms with Crippen molar-refractivity contribution in [3.05, 3.63) is 28.8 Å². The molecule has 1 N–H and O–H groups in total. The second-order valence-electron chi connectivity index (χ2n) is 6.11. The number of hydrogen-bond donors (Lipinski definition) is 1. The number of carbonyl (C=O) groups excluding carboxylic acids is 3. The van der Waals surface area contributed by atoms with Crippen molar-refractivity contribution in [2.24, 2.45) is 0 Å². The number of halogens is 3. The number of benzene rings is 1. The van der Waals surface area contributed by atoms with Gasteiger partial charge in [-0.1, -0.05) is 11.6 Å². The molecule has 0 saturated carbocycles. The van der Waals surface area contributed by atoms with E-state index in [1.54, 1.807) is 0 Å². The lowest BCUT2D eigenvalue weighted by Crippen LogP contribution is -2.49. The minimum atomic E-state index is -2.89. The lowest BCUT2D eigenvalue weighted by Gasteiger charge is -2.33. The summed E-state index contributed by atoms with van der Waals surface area (Å²) in [6.45, 7) is -0.239. The van der Waals surface area contributed by atoms with Crippen molar-refractivity contribution in [1.82, 2.24) is 10.2 Å². The van der Waals surface area contributed by atoms with Crippen LogP contribution in [-0.2, 0) is 4.79 Å². The molecule has 2 aliphatic heterocycles. The molecule has 1 aromatic carbocycles. The highest BCUT2D eigenvalue weighted by atomic mass is 35.5. The zero-order valence-electron chi connectivity index (χ0n) is 13.2. The molecule has 0 aliphatic carbocycles. The van der Waals surface area contributed by atoms with E-state index in [1.165, 1.54) is 23.1 Å². The van der Waals surface area contributed by atoms with E-state index in [-0.39, 0.29) is 54.5 Å². The number of hydrogen-bond acceptors (Lipinski definition) is 3. The molecule has 4 amide bonds. The summed E-state index contributed by atoms with van der Waals surface area (Å²) in [6, 6.07) is 3.64. The second kappa shape index (κ2) is 6.59. The molecule has 0 atom stereocenters. The van der Waals surface area contributed by atoms with Gasteiger partial charge in [-0.3, -0.25) is 19.8 Å². The first-order chi connectivity index (χ1) is 11.8.